The van der Waals surface area contributed by atoms with Gasteiger partial charge in [0.2, 0.25) is 0 Å². The number of rotatable bonds is 2. The summed E-state index contributed by atoms with van der Waals surface area (Å²) >= 11 is 2.11. The van der Waals surface area contributed by atoms with Crippen LogP contribution in [-0.2, 0) is 6.18 Å². The second-order valence-electron chi connectivity index (χ2n) is 3.89. The van der Waals surface area contributed by atoms with Crippen LogP contribution >= 0.6 is 22.6 Å². The lowest BCUT2D eigenvalue weighted by atomic mass is 10.2. The number of carbonyl (C=O) groups excluding carboxylic acids is 1. The second kappa shape index (κ2) is 5.78. The Morgan fingerprint density at radius 1 is 1.10 bits per heavy atom. The number of pyridine rings is 1. The predicted octanol–water partition coefficient (Wildman–Crippen LogP) is 3.96. The average molecular weight is 392 g/mol. The van der Waals surface area contributed by atoms with E-state index in [-0.39, 0.29) is 5.69 Å². The lowest BCUT2D eigenvalue weighted by Gasteiger charge is -2.08. The Labute approximate surface area is 126 Å². The second-order valence-corrected chi connectivity index (χ2v) is 5.14. The first-order chi connectivity index (χ1) is 9.36. The summed E-state index contributed by atoms with van der Waals surface area (Å²) in [7, 11) is 0. The van der Waals surface area contributed by atoms with Gasteiger partial charge in [-0.15, -0.1) is 0 Å². The van der Waals surface area contributed by atoms with E-state index in [9.17, 15) is 18.0 Å². The summed E-state index contributed by atoms with van der Waals surface area (Å²) in [5.74, 6) is -0.400. The summed E-state index contributed by atoms with van der Waals surface area (Å²) < 4.78 is 38.0. The van der Waals surface area contributed by atoms with E-state index in [0.717, 1.165) is 15.8 Å². The summed E-state index contributed by atoms with van der Waals surface area (Å²) in [5.41, 5.74) is -0.364. The number of hydrogen-bond acceptors (Lipinski definition) is 2. The zero-order valence-corrected chi connectivity index (χ0v) is 12.1. The van der Waals surface area contributed by atoms with E-state index in [1.54, 1.807) is 24.3 Å². The largest absolute Gasteiger partial charge is 0.433 e. The van der Waals surface area contributed by atoms with Gasteiger partial charge in [-0.1, -0.05) is 0 Å². The van der Waals surface area contributed by atoms with E-state index in [2.05, 4.69) is 32.9 Å². The quantitative estimate of drug-likeness (QED) is 0.787. The maximum Gasteiger partial charge on any atom is 0.433 e. The molecule has 0 radical (unpaired) electrons. The molecule has 1 heterocycles. The highest BCUT2D eigenvalue weighted by Gasteiger charge is 2.32. The summed E-state index contributed by atoms with van der Waals surface area (Å²) in [5, 5.41) is 2.49. The lowest BCUT2D eigenvalue weighted by molar-refractivity contribution is -0.141. The highest BCUT2D eigenvalue weighted by molar-refractivity contribution is 14.1. The topological polar surface area (TPSA) is 42.0 Å². The van der Waals surface area contributed by atoms with Gasteiger partial charge in [-0.05, 0) is 59.0 Å². The van der Waals surface area contributed by atoms with Crippen LogP contribution in [0.4, 0.5) is 18.9 Å². The normalized spacial score (nSPS) is 11.2. The van der Waals surface area contributed by atoms with Gasteiger partial charge >= 0.3 is 6.18 Å². The molecule has 3 nitrogen and oxygen atoms in total. The first kappa shape index (κ1) is 14.8. The van der Waals surface area contributed by atoms with E-state index in [0.29, 0.717) is 5.56 Å². The van der Waals surface area contributed by atoms with Crippen molar-refractivity contribution in [3.05, 3.63) is 57.4 Å². The third kappa shape index (κ3) is 3.69. The van der Waals surface area contributed by atoms with Gasteiger partial charge in [0.05, 0.1) is 11.9 Å². The smallest absolute Gasteiger partial charge is 0.321 e. The molecule has 0 aliphatic carbocycles. The third-order valence-electron chi connectivity index (χ3n) is 2.42. The summed E-state index contributed by atoms with van der Waals surface area (Å²) in [6.07, 6.45) is -3.51. The maximum absolute atomic E-state index is 12.3. The lowest BCUT2D eigenvalue weighted by Crippen LogP contribution is -2.13. The number of alkyl halides is 3. The Balaban J connectivity index is 2.10. The Bertz CT molecular complexity index is 609. The molecule has 0 aliphatic heterocycles. The molecule has 104 valence electrons. The molecular weight excluding hydrogens is 384 g/mol. The van der Waals surface area contributed by atoms with Crippen LogP contribution in [0.3, 0.4) is 0 Å². The van der Waals surface area contributed by atoms with Gasteiger partial charge in [0.15, 0.2) is 0 Å². The monoisotopic (exact) mass is 392 g/mol. The van der Waals surface area contributed by atoms with Gasteiger partial charge in [0, 0.05) is 9.13 Å². The molecule has 7 heteroatoms. The maximum atomic E-state index is 12.3. The highest BCUT2D eigenvalue weighted by atomic mass is 127. The molecule has 2 rings (SSSR count). The molecule has 0 saturated carbocycles. The van der Waals surface area contributed by atoms with Crippen molar-refractivity contribution in [2.24, 2.45) is 0 Å². The van der Waals surface area contributed by atoms with Crippen LogP contribution in [0.5, 0.6) is 0 Å². The van der Waals surface area contributed by atoms with Gasteiger partial charge in [-0.25, -0.2) is 4.98 Å². The molecular formula is C13H8F3IN2O. The van der Waals surface area contributed by atoms with Crippen molar-refractivity contribution < 1.29 is 18.0 Å². The van der Waals surface area contributed by atoms with E-state index >= 15 is 0 Å². The number of nitrogens with one attached hydrogen (secondary N) is 1. The van der Waals surface area contributed by atoms with Crippen LogP contribution in [0.25, 0.3) is 0 Å². The number of benzene rings is 1. The van der Waals surface area contributed by atoms with E-state index in [4.69, 9.17) is 0 Å². The number of carbonyl (C=O) groups is 1. The number of hydrogen-bond donors (Lipinski definition) is 1. The van der Waals surface area contributed by atoms with Crippen molar-refractivity contribution in [2.45, 2.75) is 6.18 Å². The number of anilines is 1. The van der Waals surface area contributed by atoms with Crippen LogP contribution in [0.1, 0.15) is 16.1 Å². The van der Waals surface area contributed by atoms with Gasteiger partial charge in [-0.3, -0.25) is 4.79 Å². The van der Waals surface area contributed by atoms with Gasteiger partial charge < -0.3 is 5.32 Å². The fraction of sp³-hybridized carbons (Fsp3) is 0.0769. The molecule has 0 atom stereocenters. The molecule has 1 amide bonds. The van der Waals surface area contributed by atoms with Gasteiger partial charge in [0.25, 0.3) is 5.91 Å². The molecule has 0 aliphatic rings. The molecule has 0 fully saturated rings. The average Bonchev–Trinajstić information content (AvgIpc) is 2.39. The minimum Gasteiger partial charge on any atom is -0.321 e. The summed E-state index contributed by atoms with van der Waals surface area (Å²) in [6, 6.07) is 8.79. The number of aromatic nitrogens is 1. The number of amides is 1. The first-order valence-corrected chi connectivity index (χ1v) is 6.54. The van der Waals surface area contributed by atoms with Crippen molar-refractivity contribution in [3.63, 3.8) is 0 Å². The van der Waals surface area contributed by atoms with Crippen molar-refractivity contribution in [2.75, 3.05) is 5.32 Å². The van der Waals surface area contributed by atoms with Crippen molar-refractivity contribution >= 4 is 34.2 Å². The molecule has 0 unspecified atom stereocenters. The standard InChI is InChI=1S/C13H8F3IN2O/c14-13(15,16)11-6-5-10(7-18-11)19-12(20)8-1-3-9(17)4-2-8/h1-7H,(H,19,20). The minimum atomic E-state index is -4.49. The first-order valence-electron chi connectivity index (χ1n) is 5.46. The number of halogens is 4. The third-order valence-corrected chi connectivity index (χ3v) is 3.14. The fourth-order valence-corrected chi connectivity index (χ4v) is 1.80. The Kier molecular flexibility index (Phi) is 4.26. The molecule has 1 aromatic heterocycles. The number of nitrogens with zero attached hydrogens (tertiary/aromatic N) is 1. The van der Waals surface area contributed by atoms with Crippen LogP contribution in [0.15, 0.2) is 42.6 Å². The zero-order valence-electron chi connectivity index (χ0n) is 9.91. The Hall–Kier alpha value is -1.64. The Morgan fingerprint density at radius 2 is 1.75 bits per heavy atom. The van der Waals surface area contributed by atoms with Crippen LogP contribution in [-0.4, -0.2) is 10.9 Å². The molecule has 0 spiro atoms. The predicted molar refractivity (Wildman–Crippen MR) is 76.4 cm³/mol. The van der Waals surface area contributed by atoms with E-state index in [1.165, 1.54) is 6.07 Å². The molecule has 0 bridgehead atoms. The summed E-state index contributed by atoms with van der Waals surface area (Å²) in [4.78, 5) is 15.1. The van der Waals surface area contributed by atoms with Gasteiger partial charge in [-0.2, -0.15) is 13.2 Å². The van der Waals surface area contributed by atoms with Crippen LogP contribution in [0, 0.1) is 3.57 Å². The SMILES string of the molecule is O=C(Nc1ccc(C(F)(F)F)nc1)c1ccc(I)cc1. The van der Waals surface area contributed by atoms with Crippen molar-refractivity contribution in [1.29, 1.82) is 0 Å². The van der Waals surface area contributed by atoms with Crippen molar-refractivity contribution in [3.8, 4) is 0 Å². The molecule has 2 aromatic rings. The molecule has 1 aromatic carbocycles. The fourth-order valence-electron chi connectivity index (χ4n) is 1.44. The highest BCUT2D eigenvalue weighted by Crippen LogP contribution is 2.27. The molecule has 0 saturated heterocycles. The molecule has 20 heavy (non-hydrogen) atoms. The van der Waals surface area contributed by atoms with Crippen LogP contribution in [0.2, 0.25) is 0 Å². The Morgan fingerprint density at radius 3 is 2.25 bits per heavy atom. The summed E-state index contributed by atoms with van der Waals surface area (Å²) in [6.45, 7) is 0. The minimum absolute atomic E-state index is 0.210. The van der Waals surface area contributed by atoms with Crippen molar-refractivity contribution in [1.82, 2.24) is 4.98 Å². The van der Waals surface area contributed by atoms with Gasteiger partial charge in [0.1, 0.15) is 5.69 Å². The van der Waals surface area contributed by atoms with Crippen LogP contribution < -0.4 is 5.32 Å². The zero-order chi connectivity index (χ0) is 14.8. The van der Waals surface area contributed by atoms with E-state index < -0.39 is 17.8 Å². The van der Waals surface area contributed by atoms with E-state index in [1.807, 2.05) is 0 Å². The molecule has 1 N–H and O–H groups in total.